The standard InChI is InChI=1S/C21H27N3O3/c1-4-19-14(2)22-24(15(19)3)13-20(25)23-10-6-9-18(12-23)16-7-5-8-17(11-16)21(26)27/h5,7-8,11,18H,4,6,9-10,12-13H2,1-3H3,(H,26,27). The van der Waals surface area contributed by atoms with E-state index in [-0.39, 0.29) is 18.4 Å². The maximum atomic E-state index is 12.9. The number of amides is 1. The predicted molar refractivity (Wildman–Crippen MR) is 103 cm³/mol. The summed E-state index contributed by atoms with van der Waals surface area (Å²) < 4.78 is 1.81. The maximum Gasteiger partial charge on any atom is 0.335 e. The van der Waals surface area contributed by atoms with E-state index in [0.717, 1.165) is 42.8 Å². The van der Waals surface area contributed by atoms with Gasteiger partial charge in [-0.2, -0.15) is 5.10 Å². The van der Waals surface area contributed by atoms with Crippen molar-refractivity contribution in [2.75, 3.05) is 13.1 Å². The Hall–Kier alpha value is -2.63. The van der Waals surface area contributed by atoms with Crippen LogP contribution >= 0.6 is 0 Å². The fraction of sp³-hybridized carbons (Fsp3) is 0.476. The molecule has 1 aromatic heterocycles. The van der Waals surface area contributed by atoms with Crippen LogP contribution < -0.4 is 0 Å². The smallest absolute Gasteiger partial charge is 0.335 e. The van der Waals surface area contributed by atoms with E-state index in [0.29, 0.717) is 12.1 Å². The molecule has 1 atom stereocenters. The van der Waals surface area contributed by atoms with Crippen molar-refractivity contribution in [3.05, 3.63) is 52.3 Å². The number of aryl methyl sites for hydroxylation is 1. The monoisotopic (exact) mass is 369 g/mol. The Morgan fingerprint density at radius 1 is 1.30 bits per heavy atom. The SMILES string of the molecule is CCc1c(C)nn(CC(=O)N2CCCC(c3cccc(C(=O)O)c3)C2)c1C. The molecule has 1 aliphatic heterocycles. The summed E-state index contributed by atoms with van der Waals surface area (Å²) in [6, 6.07) is 7.07. The highest BCUT2D eigenvalue weighted by molar-refractivity contribution is 5.87. The molecule has 0 aliphatic carbocycles. The molecule has 1 amide bonds. The van der Waals surface area contributed by atoms with E-state index in [4.69, 9.17) is 0 Å². The number of carbonyl (C=O) groups is 2. The van der Waals surface area contributed by atoms with Crippen molar-refractivity contribution in [3.63, 3.8) is 0 Å². The van der Waals surface area contributed by atoms with E-state index >= 15 is 0 Å². The van der Waals surface area contributed by atoms with Crippen LogP contribution in [0.15, 0.2) is 24.3 Å². The average Bonchev–Trinajstić information content (AvgIpc) is 2.94. The first-order valence-electron chi connectivity index (χ1n) is 9.54. The molecule has 6 heteroatoms. The molecule has 1 N–H and O–H groups in total. The second-order valence-corrected chi connectivity index (χ2v) is 7.27. The summed E-state index contributed by atoms with van der Waals surface area (Å²) in [6.45, 7) is 7.73. The van der Waals surface area contributed by atoms with Crippen LogP contribution in [0.2, 0.25) is 0 Å². The fourth-order valence-electron chi connectivity index (χ4n) is 4.03. The Balaban J connectivity index is 1.71. The molecule has 6 nitrogen and oxygen atoms in total. The molecule has 1 fully saturated rings. The van der Waals surface area contributed by atoms with E-state index in [2.05, 4.69) is 12.0 Å². The summed E-state index contributed by atoms with van der Waals surface area (Å²) in [7, 11) is 0. The van der Waals surface area contributed by atoms with Crippen LogP contribution in [-0.4, -0.2) is 44.8 Å². The predicted octanol–water partition coefficient (Wildman–Crippen LogP) is 3.17. The van der Waals surface area contributed by atoms with Crippen LogP contribution in [0.4, 0.5) is 0 Å². The van der Waals surface area contributed by atoms with Gasteiger partial charge in [-0.05, 0) is 56.4 Å². The molecule has 3 rings (SSSR count). The molecule has 27 heavy (non-hydrogen) atoms. The van der Waals surface area contributed by atoms with Crippen molar-refractivity contribution in [2.24, 2.45) is 0 Å². The zero-order chi connectivity index (χ0) is 19.6. The van der Waals surface area contributed by atoms with Gasteiger partial charge in [0.1, 0.15) is 6.54 Å². The molecule has 0 saturated carbocycles. The van der Waals surface area contributed by atoms with Gasteiger partial charge in [-0.3, -0.25) is 9.48 Å². The lowest BCUT2D eigenvalue weighted by Crippen LogP contribution is -2.41. The van der Waals surface area contributed by atoms with Crippen molar-refractivity contribution in [1.29, 1.82) is 0 Å². The van der Waals surface area contributed by atoms with Gasteiger partial charge in [0.15, 0.2) is 0 Å². The quantitative estimate of drug-likeness (QED) is 0.878. The number of likely N-dealkylation sites (tertiary alicyclic amines) is 1. The molecule has 0 bridgehead atoms. The third-order valence-corrected chi connectivity index (χ3v) is 5.55. The first-order valence-corrected chi connectivity index (χ1v) is 9.54. The molecule has 0 spiro atoms. The van der Waals surface area contributed by atoms with Gasteiger partial charge in [0.25, 0.3) is 0 Å². The molecule has 1 saturated heterocycles. The van der Waals surface area contributed by atoms with E-state index in [1.165, 1.54) is 5.56 Å². The molecule has 2 aromatic rings. The van der Waals surface area contributed by atoms with Crippen LogP contribution in [0.1, 0.15) is 58.6 Å². The minimum Gasteiger partial charge on any atom is -0.478 e. The summed E-state index contributed by atoms with van der Waals surface area (Å²) >= 11 is 0. The van der Waals surface area contributed by atoms with Gasteiger partial charge in [-0.25, -0.2) is 4.79 Å². The van der Waals surface area contributed by atoms with Crippen molar-refractivity contribution in [2.45, 2.75) is 52.5 Å². The molecule has 1 aromatic carbocycles. The number of rotatable bonds is 5. The number of hydrogen-bond donors (Lipinski definition) is 1. The third-order valence-electron chi connectivity index (χ3n) is 5.55. The number of aromatic carboxylic acids is 1. The van der Waals surface area contributed by atoms with Crippen LogP contribution in [0.5, 0.6) is 0 Å². The summed E-state index contributed by atoms with van der Waals surface area (Å²) in [5.74, 6) is -0.673. The summed E-state index contributed by atoms with van der Waals surface area (Å²) in [4.78, 5) is 26.0. The van der Waals surface area contributed by atoms with Crippen LogP contribution in [0, 0.1) is 13.8 Å². The van der Waals surface area contributed by atoms with E-state index in [1.807, 2.05) is 29.5 Å². The zero-order valence-electron chi connectivity index (χ0n) is 16.2. The van der Waals surface area contributed by atoms with E-state index in [9.17, 15) is 14.7 Å². The van der Waals surface area contributed by atoms with E-state index < -0.39 is 5.97 Å². The van der Waals surface area contributed by atoms with Gasteiger partial charge < -0.3 is 10.0 Å². The molecule has 1 aliphatic rings. The van der Waals surface area contributed by atoms with Crippen molar-refractivity contribution < 1.29 is 14.7 Å². The van der Waals surface area contributed by atoms with Gasteiger partial charge in [0, 0.05) is 24.7 Å². The topological polar surface area (TPSA) is 75.4 Å². The second-order valence-electron chi connectivity index (χ2n) is 7.27. The Morgan fingerprint density at radius 2 is 2.07 bits per heavy atom. The van der Waals surface area contributed by atoms with Gasteiger partial charge >= 0.3 is 5.97 Å². The highest BCUT2D eigenvalue weighted by Gasteiger charge is 2.26. The highest BCUT2D eigenvalue weighted by atomic mass is 16.4. The lowest BCUT2D eigenvalue weighted by atomic mass is 9.89. The van der Waals surface area contributed by atoms with Gasteiger partial charge in [0.2, 0.25) is 5.91 Å². The molecule has 0 radical (unpaired) electrons. The number of hydrogen-bond acceptors (Lipinski definition) is 3. The number of nitrogens with zero attached hydrogens (tertiary/aromatic N) is 3. The van der Waals surface area contributed by atoms with Crippen molar-refractivity contribution in [1.82, 2.24) is 14.7 Å². The highest BCUT2D eigenvalue weighted by Crippen LogP contribution is 2.28. The average molecular weight is 369 g/mol. The number of piperidine rings is 1. The first-order chi connectivity index (χ1) is 12.9. The Morgan fingerprint density at radius 3 is 2.74 bits per heavy atom. The minimum atomic E-state index is -0.920. The lowest BCUT2D eigenvalue weighted by molar-refractivity contribution is -0.133. The fourth-order valence-corrected chi connectivity index (χ4v) is 4.03. The molecular weight excluding hydrogens is 342 g/mol. The van der Waals surface area contributed by atoms with Gasteiger partial charge in [0.05, 0.1) is 11.3 Å². The summed E-state index contributed by atoms with van der Waals surface area (Å²) in [5, 5.41) is 13.7. The summed E-state index contributed by atoms with van der Waals surface area (Å²) in [5.41, 5.74) is 4.55. The maximum absolute atomic E-state index is 12.9. The molecular formula is C21H27N3O3. The Kier molecular flexibility index (Phi) is 5.63. The third kappa shape index (κ3) is 4.04. The number of carboxylic acids is 1. The first kappa shape index (κ1) is 19.1. The molecule has 144 valence electrons. The summed E-state index contributed by atoms with van der Waals surface area (Å²) in [6.07, 6.45) is 2.80. The van der Waals surface area contributed by atoms with Crippen molar-refractivity contribution >= 4 is 11.9 Å². The second kappa shape index (κ2) is 7.94. The van der Waals surface area contributed by atoms with Crippen LogP contribution in [0.25, 0.3) is 0 Å². The zero-order valence-corrected chi connectivity index (χ0v) is 16.2. The van der Waals surface area contributed by atoms with Gasteiger partial charge in [-0.1, -0.05) is 19.1 Å². The number of aromatic nitrogens is 2. The van der Waals surface area contributed by atoms with Crippen LogP contribution in [-0.2, 0) is 17.8 Å². The lowest BCUT2D eigenvalue weighted by Gasteiger charge is -2.33. The number of carbonyl (C=O) groups excluding carboxylic acids is 1. The molecule has 2 heterocycles. The van der Waals surface area contributed by atoms with Gasteiger partial charge in [-0.15, -0.1) is 0 Å². The molecule has 1 unspecified atom stereocenters. The Labute approximate surface area is 159 Å². The van der Waals surface area contributed by atoms with E-state index in [1.54, 1.807) is 18.2 Å². The normalized spacial score (nSPS) is 17.1. The Bertz CT molecular complexity index is 856. The largest absolute Gasteiger partial charge is 0.478 e. The minimum absolute atomic E-state index is 0.0716. The number of carboxylic acid groups (broad SMARTS) is 1. The van der Waals surface area contributed by atoms with Crippen molar-refractivity contribution in [3.8, 4) is 0 Å². The number of benzene rings is 1. The van der Waals surface area contributed by atoms with Crippen LogP contribution in [0.3, 0.4) is 0 Å².